The number of para-hydroxylation sites is 2. The summed E-state index contributed by atoms with van der Waals surface area (Å²) in [5, 5.41) is 11.5. The Morgan fingerprint density at radius 2 is 1.77 bits per heavy atom. The highest BCUT2D eigenvalue weighted by atomic mass is 16.5. The van der Waals surface area contributed by atoms with Crippen LogP contribution in [0.5, 0.6) is 5.75 Å². The van der Waals surface area contributed by atoms with Gasteiger partial charge < -0.3 is 14.5 Å². The molecule has 0 aliphatic heterocycles. The zero-order valence-electron chi connectivity index (χ0n) is 12.3. The first-order valence-electron chi connectivity index (χ1n) is 7.11. The third-order valence-electron chi connectivity index (χ3n) is 3.25. The molecule has 1 N–H and O–H groups in total. The van der Waals surface area contributed by atoms with E-state index in [0.29, 0.717) is 24.7 Å². The molecule has 0 amide bonds. The minimum Gasteiger partial charge on any atom is -0.495 e. The van der Waals surface area contributed by atoms with Crippen LogP contribution in [0, 0.1) is 0 Å². The number of nitrogens with one attached hydrogen (secondary N) is 1. The first kappa shape index (κ1) is 14.1. The van der Waals surface area contributed by atoms with Crippen LogP contribution >= 0.6 is 0 Å². The molecule has 0 unspecified atom stereocenters. The van der Waals surface area contributed by atoms with Gasteiger partial charge in [0.2, 0.25) is 11.8 Å². The average Bonchev–Trinajstić information content (AvgIpc) is 3.05. The lowest BCUT2D eigenvalue weighted by atomic mass is 10.2. The maximum Gasteiger partial charge on any atom is 0.247 e. The van der Waals surface area contributed by atoms with E-state index in [-0.39, 0.29) is 0 Å². The summed E-state index contributed by atoms with van der Waals surface area (Å²) in [6.45, 7) is 0.691. The number of benzene rings is 2. The number of aromatic nitrogens is 2. The van der Waals surface area contributed by atoms with Crippen LogP contribution in [-0.4, -0.2) is 23.9 Å². The molecule has 3 aromatic rings. The summed E-state index contributed by atoms with van der Waals surface area (Å²) in [6, 6.07) is 17.5. The van der Waals surface area contributed by atoms with Crippen molar-refractivity contribution in [2.45, 2.75) is 6.42 Å². The minimum atomic E-state index is 0.549. The molecule has 0 aliphatic carbocycles. The van der Waals surface area contributed by atoms with Crippen molar-refractivity contribution in [1.29, 1.82) is 0 Å². The van der Waals surface area contributed by atoms with E-state index in [1.807, 2.05) is 54.6 Å². The Balaban J connectivity index is 1.60. The average molecular weight is 295 g/mol. The van der Waals surface area contributed by atoms with Gasteiger partial charge in [0.05, 0.1) is 12.8 Å². The number of rotatable bonds is 6. The first-order valence-corrected chi connectivity index (χ1v) is 7.11. The predicted molar refractivity (Wildman–Crippen MR) is 84.9 cm³/mol. The van der Waals surface area contributed by atoms with Gasteiger partial charge in [0, 0.05) is 18.5 Å². The largest absolute Gasteiger partial charge is 0.495 e. The fraction of sp³-hybridized carbons (Fsp3) is 0.176. The van der Waals surface area contributed by atoms with E-state index in [1.54, 1.807) is 7.11 Å². The highest BCUT2D eigenvalue weighted by Gasteiger charge is 2.08. The van der Waals surface area contributed by atoms with E-state index >= 15 is 0 Å². The summed E-state index contributed by atoms with van der Waals surface area (Å²) in [4.78, 5) is 0. The topological polar surface area (TPSA) is 60.2 Å². The second-order valence-corrected chi connectivity index (χ2v) is 4.74. The molecule has 22 heavy (non-hydrogen) atoms. The van der Waals surface area contributed by atoms with Crippen LogP contribution in [0.2, 0.25) is 0 Å². The Labute approximate surface area is 129 Å². The number of nitrogens with zero attached hydrogens (tertiary/aromatic N) is 2. The predicted octanol–water partition coefficient (Wildman–Crippen LogP) is 3.40. The normalized spacial score (nSPS) is 10.4. The van der Waals surface area contributed by atoms with Crippen LogP contribution in [0.25, 0.3) is 11.5 Å². The molecule has 5 heteroatoms. The van der Waals surface area contributed by atoms with Crippen LogP contribution in [0.15, 0.2) is 59.0 Å². The lowest BCUT2D eigenvalue weighted by Crippen LogP contribution is -2.06. The standard InChI is InChI=1S/C17H17N3O2/c1-21-15-10-6-5-9-14(15)18-12-11-16-19-20-17(22-16)13-7-3-2-4-8-13/h2-10,18H,11-12H2,1H3. The zero-order chi connectivity index (χ0) is 15.2. The monoisotopic (exact) mass is 295 g/mol. The molecular weight excluding hydrogens is 278 g/mol. The maximum atomic E-state index is 5.67. The number of ether oxygens (including phenoxy) is 1. The van der Waals surface area contributed by atoms with Crippen LogP contribution in [-0.2, 0) is 6.42 Å². The molecule has 0 spiro atoms. The maximum absolute atomic E-state index is 5.67. The van der Waals surface area contributed by atoms with E-state index in [0.717, 1.165) is 17.0 Å². The third-order valence-corrected chi connectivity index (χ3v) is 3.25. The van der Waals surface area contributed by atoms with Gasteiger partial charge in [0.15, 0.2) is 0 Å². The number of anilines is 1. The van der Waals surface area contributed by atoms with Gasteiger partial charge in [0.25, 0.3) is 0 Å². The van der Waals surface area contributed by atoms with Crippen LogP contribution in [0.4, 0.5) is 5.69 Å². The Morgan fingerprint density at radius 3 is 2.59 bits per heavy atom. The Kier molecular flexibility index (Phi) is 4.34. The van der Waals surface area contributed by atoms with Crippen molar-refractivity contribution in [1.82, 2.24) is 10.2 Å². The van der Waals surface area contributed by atoms with Crippen molar-refractivity contribution >= 4 is 5.69 Å². The van der Waals surface area contributed by atoms with Crippen molar-refractivity contribution in [2.24, 2.45) is 0 Å². The van der Waals surface area contributed by atoms with Crippen molar-refractivity contribution in [3.05, 3.63) is 60.5 Å². The van der Waals surface area contributed by atoms with Gasteiger partial charge in [-0.05, 0) is 24.3 Å². The SMILES string of the molecule is COc1ccccc1NCCc1nnc(-c2ccccc2)o1. The lowest BCUT2D eigenvalue weighted by Gasteiger charge is -2.09. The Hall–Kier alpha value is -2.82. The van der Waals surface area contributed by atoms with Crippen LogP contribution < -0.4 is 10.1 Å². The molecule has 0 radical (unpaired) electrons. The van der Waals surface area contributed by atoms with Gasteiger partial charge >= 0.3 is 0 Å². The van der Waals surface area contributed by atoms with E-state index in [9.17, 15) is 0 Å². The van der Waals surface area contributed by atoms with Gasteiger partial charge in [0.1, 0.15) is 5.75 Å². The van der Waals surface area contributed by atoms with Gasteiger partial charge in [-0.15, -0.1) is 10.2 Å². The summed E-state index contributed by atoms with van der Waals surface area (Å²) < 4.78 is 11.0. The fourth-order valence-corrected chi connectivity index (χ4v) is 2.15. The molecule has 0 fully saturated rings. The number of hydrogen-bond acceptors (Lipinski definition) is 5. The second-order valence-electron chi connectivity index (χ2n) is 4.74. The van der Waals surface area contributed by atoms with Crippen molar-refractivity contribution in [3.63, 3.8) is 0 Å². The summed E-state index contributed by atoms with van der Waals surface area (Å²) in [6.07, 6.45) is 0.651. The third kappa shape index (κ3) is 3.25. The molecule has 2 aromatic carbocycles. The summed E-state index contributed by atoms with van der Waals surface area (Å²) in [7, 11) is 1.66. The van der Waals surface area contributed by atoms with Gasteiger partial charge in [-0.2, -0.15) is 0 Å². The molecule has 0 saturated heterocycles. The Morgan fingerprint density at radius 1 is 1.00 bits per heavy atom. The fourth-order valence-electron chi connectivity index (χ4n) is 2.15. The molecule has 3 rings (SSSR count). The van der Waals surface area contributed by atoms with Crippen molar-refractivity contribution in [2.75, 3.05) is 19.0 Å². The molecule has 0 atom stereocenters. The van der Waals surface area contributed by atoms with E-state index in [2.05, 4.69) is 15.5 Å². The lowest BCUT2D eigenvalue weighted by molar-refractivity contribution is 0.416. The highest BCUT2D eigenvalue weighted by molar-refractivity contribution is 5.56. The molecule has 0 saturated carbocycles. The second kappa shape index (κ2) is 6.76. The van der Waals surface area contributed by atoms with Gasteiger partial charge in [-0.1, -0.05) is 30.3 Å². The first-order chi connectivity index (χ1) is 10.9. The molecule has 1 aromatic heterocycles. The summed E-state index contributed by atoms with van der Waals surface area (Å²) in [5.74, 6) is 1.98. The van der Waals surface area contributed by atoms with Gasteiger partial charge in [-0.3, -0.25) is 0 Å². The Bertz CT molecular complexity index is 726. The molecule has 1 heterocycles. The molecular formula is C17H17N3O2. The molecule has 0 bridgehead atoms. The quantitative estimate of drug-likeness (QED) is 0.755. The number of hydrogen-bond donors (Lipinski definition) is 1. The van der Waals surface area contributed by atoms with Crippen LogP contribution in [0.1, 0.15) is 5.89 Å². The highest BCUT2D eigenvalue weighted by Crippen LogP contribution is 2.23. The van der Waals surface area contributed by atoms with Crippen molar-refractivity contribution < 1.29 is 9.15 Å². The minimum absolute atomic E-state index is 0.549. The van der Waals surface area contributed by atoms with E-state index in [1.165, 1.54) is 0 Å². The molecule has 5 nitrogen and oxygen atoms in total. The van der Waals surface area contributed by atoms with E-state index in [4.69, 9.17) is 9.15 Å². The van der Waals surface area contributed by atoms with E-state index < -0.39 is 0 Å². The number of methoxy groups -OCH3 is 1. The molecule has 0 aliphatic rings. The van der Waals surface area contributed by atoms with Crippen molar-refractivity contribution in [3.8, 4) is 17.2 Å². The summed E-state index contributed by atoms with van der Waals surface area (Å²) in [5.41, 5.74) is 1.88. The van der Waals surface area contributed by atoms with Gasteiger partial charge in [-0.25, -0.2) is 0 Å². The van der Waals surface area contributed by atoms with Crippen LogP contribution in [0.3, 0.4) is 0 Å². The molecule has 112 valence electrons. The zero-order valence-corrected chi connectivity index (χ0v) is 12.3. The smallest absolute Gasteiger partial charge is 0.247 e. The summed E-state index contributed by atoms with van der Waals surface area (Å²) >= 11 is 0.